The molecule has 0 radical (unpaired) electrons. The van der Waals surface area contributed by atoms with Crippen LogP contribution in [0.5, 0.6) is 0 Å². The number of thioether (sulfide) groups is 1. The molecule has 0 bridgehead atoms. The molecule has 2 aliphatic heterocycles. The minimum absolute atomic E-state index is 0.196. The second-order valence-corrected chi connectivity index (χ2v) is 8.93. The second-order valence-electron chi connectivity index (χ2n) is 7.04. The topological polar surface area (TPSA) is 53.0 Å². The van der Waals surface area contributed by atoms with Gasteiger partial charge in [0.15, 0.2) is 5.17 Å². The van der Waals surface area contributed by atoms with Gasteiger partial charge < -0.3 is 4.90 Å². The van der Waals surface area contributed by atoms with Crippen molar-refractivity contribution in [1.29, 1.82) is 0 Å². The van der Waals surface area contributed by atoms with Crippen LogP contribution in [0.1, 0.15) is 5.56 Å². The summed E-state index contributed by atoms with van der Waals surface area (Å²) in [5.74, 6) is -0.451. The van der Waals surface area contributed by atoms with Crippen molar-refractivity contribution in [2.24, 2.45) is 4.99 Å². The van der Waals surface area contributed by atoms with Gasteiger partial charge in [-0.2, -0.15) is 0 Å². The van der Waals surface area contributed by atoms with E-state index in [2.05, 4.69) is 15.9 Å². The smallest absolute Gasteiger partial charge is 0.272 e. The van der Waals surface area contributed by atoms with Crippen molar-refractivity contribution < 1.29 is 9.59 Å². The molecule has 2 heterocycles. The van der Waals surface area contributed by atoms with Gasteiger partial charge in [0.1, 0.15) is 0 Å². The molecule has 31 heavy (non-hydrogen) atoms. The fourth-order valence-corrected chi connectivity index (χ4v) is 5.08. The van der Waals surface area contributed by atoms with Crippen LogP contribution in [-0.4, -0.2) is 24.0 Å². The third kappa shape index (κ3) is 3.40. The highest BCUT2D eigenvalue weighted by Gasteiger charge is 2.42. The molecule has 1 saturated heterocycles. The van der Waals surface area contributed by atoms with E-state index in [0.29, 0.717) is 21.3 Å². The van der Waals surface area contributed by atoms with Gasteiger partial charge in [-0.15, -0.1) is 0 Å². The average Bonchev–Trinajstić information content (AvgIpc) is 3.22. The Hall–Kier alpha value is -3.16. The number of hydrogen-bond acceptors (Lipinski definition) is 4. The number of amides is 2. The molecule has 2 aliphatic rings. The molecule has 0 aromatic heterocycles. The number of fused-ring (bicyclic) bond motifs is 1. The fraction of sp³-hybridized carbons (Fsp3) is 0.0417. The molecule has 0 atom stereocenters. The Balaban J connectivity index is 1.70. The molecule has 7 heteroatoms. The first kappa shape index (κ1) is 19.8. The van der Waals surface area contributed by atoms with Crippen molar-refractivity contribution in [3.8, 4) is 0 Å². The van der Waals surface area contributed by atoms with Gasteiger partial charge in [0.2, 0.25) is 0 Å². The summed E-state index contributed by atoms with van der Waals surface area (Å²) in [6.45, 7) is 0. The summed E-state index contributed by atoms with van der Waals surface area (Å²) in [5.41, 5.74) is 3.38. The van der Waals surface area contributed by atoms with Crippen LogP contribution in [0.4, 0.5) is 17.1 Å². The molecule has 0 unspecified atom stereocenters. The predicted molar refractivity (Wildman–Crippen MR) is 130 cm³/mol. The molecular weight excluding hydrogens is 474 g/mol. The van der Waals surface area contributed by atoms with Crippen molar-refractivity contribution >= 4 is 67.3 Å². The maximum Gasteiger partial charge on any atom is 0.272 e. The molecule has 1 fully saturated rings. The minimum Gasteiger partial charge on any atom is -0.311 e. The molecule has 3 aromatic rings. The van der Waals surface area contributed by atoms with Gasteiger partial charge in [-0.1, -0.05) is 52.3 Å². The number of carbonyl (C=O) groups is 2. The summed E-state index contributed by atoms with van der Waals surface area (Å²) in [4.78, 5) is 35.0. The third-order valence-corrected chi connectivity index (χ3v) is 6.64. The Kier molecular flexibility index (Phi) is 5.00. The molecule has 0 saturated carbocycles. The zero-order valence-corrected chi connectivity index (χ0v) is 18.9. The number of likely N-dealkylation sites (N-methyl/N-ethyl adjacent to an activating group) is 1. The van der Waals surface area contributed by atoms with Crippen LogP contribution in [0.15, 0.2) is 93.2 Å². The molecule has 0 N–H and O–H groups in total. The van der Waals surface area contributed by atoms with E-state index in [1.807, 2.05) is 78.9 Å². The highest BCUT2D eigenvalue weighted by atomic mass is 79.9. The van der Waals surface area contributed by atoms with E-state index in [9.17, 15) is 9.59 Å². The van der Waals surface area contributed by atoms with Crippen molar-refractivity contribution in [3.05, 3.63) is 93.8 Å². The number of hydrogen-bond donors (Lipinski definition) is 0. The first-order chi connectivity index (χ1) is 15.0. The van der Waals surface area contributed by atoms with Crippen LogP contribution >= 0.6 is 27.7 Å². The lowest BCUT2D eigenvalue weighted by Gasteiger charge is -2.15. The van der Waals surface area contributed by atoms with Crippen molar-refractivity contribution in [2.45, 2.75) is 0 Å². The number of amidine groups is 1. The maximum absolute atomic E-state index is 13.6. The van der Waals surface area contributed by atoms with Crippen molar-refractivity contribution in [2.75, 3.05) is 16.8 Å². The lowest BCUT2D eigenvalue weighted by molar-refractivity contribution is -0.115. The number of halogens is 1. The Morgan fingerprint density at radius 3 is 2.26 bits per heavy atom. The zero-order chi connectivity index (χ0) is 21.5. The number of aliphatic imine (C=N–C) groups is 1. The van der Waals surface area contributed by atoms with Gasteiger partial charge in [0.05, 0.1) is 27.5 Å². The van der Waals surface area contributed by atoms with E-state index in [4.69, 9.17) is 4.99 Å². The number of benzene rings is 3. The van der Waals surface area contributed by atoms with Gasteiger partial charge >= 0.3 is 0 Å². The Labute approximate surface area is 192 Å². The molecule has 3 aromatic carbocycles. The first-order valence-corrected chi connectivity index (χ1v) is 11.2. The number of para-hydroxylation sites is 2. The monoisotopic (exact) mass is 489 g/mol. The molecule has 152 valence electrons. The van der Waals surface area contributed by atoms with Crippen LogP contribution in [0, 0.1) is 0 Å². The van der Waals surface area contributed by atoms with E-state index in [1.165, 1.54) is 11.8 Å². The molecule has 0 aliphatic carbocycles. The Bertz CT molecular complexity index is 1270. The summed E-state index contributed by atoms with van der Waals surface area (Å²) in [6.07, 6.45) is 0. The molecular formula is C24H16BrN3O2S. The van der Waals surface area contributed by atoms with Crippen molar-refractivity contribution in [1.82, 2.24) is 0 Å². The number of carbonyl (C=O) groups excluding carboxylic acids is 2. The number of anilines is 2. The van der Waals surface area contributed by atoms with E-state index in [0.717, 1.165) is 21.4 Å². The largest absolute Gasteiger partial charge is 0.311 e. The van der Waals surface area contributed by atoms with Crippen LogP contribution in [-0.2, 0) is 9.59 Å². The van der Waals surface area contributed by atoms with Gasteiger partial charge in [0.25, 0.3) is 11.8 Å². The lowest BCUT2D eigenvalue weighted by Crippen LogP contribution is -2.29. The quantitative estimate of drug-likeness (QED) is 0.440. The van der Waals surface area contributed by atoms with Gasteiger partial charge in [-0.3, -0.25) is 14.5 Å². The highest BCUT2D eigenvalue weighted by Crippen LogP contribution is 2.46. The Morgan fingerprint density at radius 1 is 0.871 bits per heavy atom. The predicted octanol–water partition coefficient (Wildman–Crippen LogP) is 5.60. The summed E-state index contributed by atoms with van der Waals surface area (Å²) >= 11 is 4.71. The highest BCUT2D eigenvalue weighted by molar-refractivity contribution is 9.10. The summed E-state index contributed by atoms with van der Waals surface area (Å²) in [5, 5.41) is 0.517. The minimum atomic E-state index is -0.254. The van der Waals surface area contributed by atoms with Gasteiger partial charge in [-0.05, 0) is 54.2 Å². The molecule has 0 spiro atoms. The summed E-state index contributed by atoms with van der Waals surface area (Å²) < 4.78 is 0.848. The van der Waals surface area contributed by atoms with Gasteiger partial charge in [-0.25, -0.2) is 4.99 Å². The van der Waals surface area contributed by atoms with Crippen LogP contribution in [0.2, 0.25) is 0 Å². The first-order valence-electron chi connectivity index (χ1n) is 9.58. The van der Waals surface area contributed by atoms with Gasteiger partial charge in [0, 0.05) is 17.1 Å². The third-order valence-electron chi connectivity index (χ3n) is 5.11. The van der Waals surface area contributed by atoms with Crippen molar-refractivity contribution in [3.63, 3.8) is 0 Å². The Morgan fingerprint density at radius 2 is 1.55 bits per heavy atom. The van der Waals surface area contributed by atoms with E-state index in [-0.39, 0.29) is 11.8 Å². The summed E-state index contributed by atoms with van der Waals surface area (Å²) in [7, 11) is 1.72. The SMILES string of the molecule is CN1C(=O)/C(=C2\SC(=Nc3ccccc3)N(c3ccccc3)C2=O)c2cc(Br)ccc21. The fourth-order valence-electron chi connectivity index (χ4n) is 3.63. The van der Waals surface area contributed by atoms with E-state index < -0.39 is 0 Å². The number of nitrogens with zero attached hydrogens (tertiary/aromatic N) is 3. The molecule has 5 nitrogen and oxygen atoms in total. The molecule has 5 rings (SSSR count). The number of rotatable bonds is 2. The van der Waals surface area contributed by atoms with Crippen LogP contribution in [0.3, 0.4) is 0 Å². The normalized spacial score (nSPS) is 19.5. The lowest BCUT2D eigenvalue weighted by atomic mass is 10.1. The average molecular weight is 490 g/mol. The second kappa shape index (κ2) is 7.83. The molecule has 2 amide bonds. The zero-order valence-electron chi connectivity index (χ0n) is 16.4. The maximum atomic E-state index is 13.6. The van der Waals surface area contributed by atoms with E-state index in [1.54, 1.807) is 16.8 Å². The van der Waals surface area contributed by atoms with E-state index >= 15 is 0 Å². The van der Waals surface area contributed by atoms with Crippen LogP contribution in [0.25, 0.3) is 5.57 Å². The standard InChI is InChI=1S/C24H16BrN3O2S/c1-27-19-13-12-15(25)14-18(19)20(22(27)29)21-23(30)28(17-10-6-3-7-11-17)24(31-21)26-16-8-4-2-5-9-16/h2-14H,1H3/b21-20-,26-24?. The van der Waals surface area contributed by atoms with Crippen LogP contribution < -0.4 is 9.80 Å². The summed E-state index contributed by atoms with van der Waals surface area (Å²) in [6, 6.07) is 24.5.